The maximum Gasteiger partial charge on any atom is 0.207 e. The third kappa shape index (κ3) is 2.00. The van der Waals surface area contributed by atoms with Gasteiger partial charge in [0.25, 0.3) is 0 Å². The Hall–Kier alpha value is -0.840. The molecule has 16 heavy (non-hydrogen) atoms. The van der Waals surface area contributed by atoms with Crippen molar-refractivity contribution in [2.75, 3.05) is 0 Å². The average molecular weight is 273 g/mol. The molecule has 0 amide bonds. The summed E-state index contributed by atoms with van der Waals surface area (Å²) >= 11 is 7.21. The van der Waals surface area contributed by atoms with Crippen LogP contribution in [0.15, 0.2) is 45.5 Å². The summed E-state index contributed by atoms with van der Waals surface area (Å²) in [5.74, 6) is 0. The zero-order valence-corrected chi connectivity index (χ0v) is 10.9. The summed E-state index contributed by atoms with van der Waals surface area (Å²) in [4.78, 5) is 1.39. The predicted molar refractivity (Wildman–Crippen MR) is 66.0 cm³/mol. The van der Waals surface area contributed by atoms with Gasteiger partial charge >= 0.3 is 0 Å². The van der Waals surface area contributed by atoms with Gasteiger partial charge in [-0.25, -0.2) is 8.42 Å². The Labute approximate surface area is 103 Å². The van der Waals surface area contributed by atoms with E-state index in [1.165, 1.54) is 17.4 Å². The smallest absolute Gasteiger partial charge is 0.207 e. The van der Waals surface area contributed by atoms with E-state index in [4.69, 9.17) is 11.6 Å². The van der Waals surface area contributed by atoms with Crippen molar-refractivity contribution in [3.63, 3.8) is 0 Å². The molecule has 2 rings (SSSR count). The second-order valence-corrected chi connectivity index (χ2v) is 6.78. The first-order valence-corrected chi connectivity index (χ1v) is 7.30. The maximum atomic E-state index is 12.2. The molecule has 0 atom stereocenters. The van der Waals surface area contributed by atoms with E-state index in [1.54, 1.807) is 36.6 Å². The fourth-order valence-electron chi connectivity index (χ4n) is 1.41. The predicted octanol–water partition coefficient (Wildman–Crippen LogP) is 3.54. The Balaban J connectivity index is 2.61. The van der Waals surface area contributed by atoms with Gasteiger partial charge in [-0.05, 0) is 36.6 Å². The van der Waals surface area contributed by atoms with Crippen LogP contribution in [0.5, 0.6) is 0 Å². The summed E-state index contributed by atoms with van der Waals surface area (Å²) in [6.07, 6.45) is 0. The van der Waals surface area contributed by atoms with Crippen LogP contribution >= 0.6 is 22.9 Å². The largest absolute Gasteiger partial charge is 0.218 e. The standard InChI is InChI=1S/C11H9ClO2S2/c1-8-11(5-6-15-8)16(13,14)10-4-2-3-9(12)7-10/h2-7H,1H3. The molecule has 0 saturated carbocycles. The van der Waals surface area contributed by atoms with Crippen molar-refractivity contribution in [2.24, 2.45) is 0 Å². The lowest BCUT2D eigenvalue weighted by molar-refractivity contribution is 0.596. The molecule has 2 nitrogen and oxygen atoms in total. The summed E-state index contributed by atoms with van der Waals surface area (Å²) < 4.78 is 24.4. The molecule has 0 saturated heterocycles. The minimum absolute atomic E-state index is 0.238. The van der Waals surface area contributed by atoms with Gasteiger partial charge in [0.15, 0.2) is 0 Å². The number of benzene rings is 1. The maximum absolute atomic E-state index is 12.2. The first-order chi connectivity index (χ1) is 7.51. The summed E-state index contributed by atoms with van der Waals surface area (Å²) in [6, 6.07) is 7.93. The molecule has 1 aromatic carbocycles. The Morgan fingerprint density at radius 3 is 2.56 bits per heavy atom. The van der Waals surface area contributed by atoms with E-state index < -0.39 is 9.84 Å². The first kappa shape index (κ1) is 11.6. The summed E-state index contributed by atoms with van der Waals surface area (Å²) in [5, 5.41) is 2.20. The van der Waals surface area contributed by atoms with E-state index in [1.807, 2.05) is 0 Å². The highest BCUT2D eigenvalue weighted by Crippen LogP contribution is 2.28. The normalized spacial score (nSPS) is 11.6. The monoisotopic (exact) mass is 272 g/mol. The highest BCUT2D eigenvalue weighted by Gasteiger charge is 2.20. The SMILES string of the molecule is Cc1sccc1S(=O)(=O)c1cccc(Cl)c1. The lowest BCUT2D eigenvalue weighted by Gasteiger charge is -2.03. The molecular weight excluding hydrogens is 264 g/mol. The molecule has 0 bridgehead atoms. The third-order valence-electron chi connectivity index (χ3n) is 2.21. The summed E-state index contributed by atoms with van der Waals surface area (Å²) in [6.45, 7) is 1.79. The second-order valence-electron chi connectivity index (χ2n) is 3.30. The van der Waals surface area contributed by atoms with Crippen LogP contribution in [0.2, 0.25) is 5.02 Å². The number of aryl methyl sites for hydroxylation is 1. The number of thiophene rings is 1. The molecule has 2 aromatic rings. The van der Waals surface area contributed by atoms with Gasteiger partial charge in [-0.15, -0.1) is 11.3 Å². The van der Waals surface area contributed by atoms with Gasteiger partial charge < -0.3 is 0 Å². The van der Waals surface area contributed by atoms with Crippen LogP contribution in [0.25, 0.3) is 0 Å². The quantitative estimate of drug-likeness (QED) is 0.838. The van der Waals surface area contributed by atoms with Crippen molar-refractivity contribution in [3.05, 3.63) is 45.6 Å². The Kier molecular flexibility index (Phi) is 3.06. The van der Waals surface area contributed by atoms with Gasteiger partial charge in [0, 0.05) is 9.90 Å². The third-order valence-corrected chi connectivity index (χ3v) is 5.31. The van der Waals surface area contributed by atoms with Crippen LogP contribution < -0.4 is 0 Å². The van der Waals surface area contributed by atoms with Crippen LogP contribution in [0.1, 0.15) is 4.88 Å². The molecule has 84 valence electrons. The fraction of sp³-hybridized carbons (Fsp3) is 0.0909. The highest BCUT2D eigenvalue weighted by atomic mass is 35.5. The molecule has 0 fully saturated rings. The topological polar surface area (TPSA) is 34.1 Å². The van der Waals surface area contributed by atoms with E-state index in [-0.39, 0.29) is 4.90 Å². The number of hydrogen-bond donors (Lipinski definition) is 0. The van der Waals surface area contributed by atoms with Gasteiger partial charge in [0.2, 0.25) is 9.84 Å². The van der Waals surface area contributed by atoms with Crippen molar-refractivity contribution < 1.29 is 8.42 Å². The molecule has 0 unspecified atom stereocenters. The molecule has 0 spiro atoms. The molecule has 1 aromatic heterocycles. The van der Waals surface area contributed by atoms with Gasteiger partial charge in [-0.2, -0.15) is 0 Å². The molecule has 0 aliphatic carbocycles. The van der Waals surface area contributed by atoms with E-state index in [0.29, 0.717) is 9.92 Å². The molecule has 0 aliphatic heterocycles. The van der Waals surface area contributed by atoms with Crippen LogP contribution in [-0.4, -0.2) is 8.42 Å². The van der Waals surface area contributed by atoms with Crippen molar-refractivity contribution in [1.82, 2.24) is 0 Å². The minimum Gasteiger partial charge on any atom is -0.218 e. The van der Waals surface area contributed by atoms with E-state index in [2.05, 4.69) is 0 Å². The van der Waals surface area contributed by atoms with Gasteiger partial charge in [-0.1, -0.05) is 17.7 Å². The van der Waals surface area contributed by atoms with Crippen molar-refractivity contribution in [2.45, 2.75) is 16.7 Å². The average Bonchev–Trinajstić information content (AvgIpc) is 2.65. The van der Waals surface area contributed by atoms with E-state index >= 15 is 0 Å². The molecule has 0 aliphatic rings. The lowest BCUT2D eigenvalue weighted by atomic mass is 10.4. The van der Waals surface area contributed by atoms with Crippen molar-refractivity contribution in [1.29, 1.82) is 0 Å². The molecule has 5 heteroatoms. The number of hydrogen-bond acceptors (Lipinski definition) is 3. The minimum atomic E-state index is -3.42. The molecule has 0 radical (unpaired) electrons. The number of sulfone groups is 1. The zero-order valence-electron chi connectivity index (χ0n) is 8.48. The number of rotatable bonds is 2. The van der Waals surface area contributed by atoms with Crippen LogP contribution in [0, 0.1) is 6.92 Å². The summed E-state index contributed by atoms with van der Waals surface area (Å²) in [7, 11) is -3.42. The number of halogens is 1. The Morgan fingerprint density at radius 1 is 1.25 bits per heavy atom. The van der Waals surface area contributed by atoms with Gasteiger partial charge in [0.1, 0.15) is 0 Å². The van der Waals surface area contributed by atoms with Crippen molar-refractivity contribution in [3.8, 4) is 0 Å². The van der Waals surface area contributed by atoms with Crippen LogP contribution in [0.4, 0.5) is 0 Å². The first-order valence-electron chi connectivity index (χ1n) is 4.56. The van der Waals surface area contributed by atoms with E-state index in [0.717, 1.165) is 4.88 Å². The molecular formula is C11H9ClO2S2. The fourth-order valence-corrected chi connectivity index (χ4v) is 4.24. The zero-order chi connectivity index (χ0) is 11.8. The lowest BCUT2D eigenvalue weighted by Crippen LogP contribution is -2.01. The van der Waals surface area contributed by atoms with Crippen molar-refractivity contribution >= 4 is 32.8 Å². The summed E-state index contributed by atoms with van der Waals surface area (Å²) in [5.41, 5.74) is 0. The molecule has 0 N–H and O–H groups in total. The Bertz CT molecular complexity index is 614. The van der Waals surface area contributed by atoms with Gasteiger partial charge in [-0.3, -0.25) is 0 Å². The molecule has 1 heterocycles. The Morgan fingerprint density at radius 2 is 2.00 bits per heavy atom. The van der Waals surface area contributed by atoms with Crippen LogP contribution in [-0.2, 0) is 9.84 Å². The van der Waals surface area contributed by atoms with Gasteiger partial charge in [0.05, 0.1) is 9.79 Å². The second kappa shape index (κ2) is 4.20. The van der Waals surface area contributed by atoms with Crippen LogP contribution in [0.3, 0.4) is 0 Å². The highest BCUT2D eigenvalue weighted by molar-refractivity contribution is 7.91. The van der Waals surface area contributed by atoms with E-state index in [9.17, 15) is 8.42 Å².